The van der Waals surface area contributed by atoms with Gasteiger partial charge in [0.15, 0.2) is 0 Å². The first-order valence-electron chi connectivity index (χ1n) is 12.1. The molecule has 0 aliphatic heterocycles. The van der Waals surface area contributed by atoms with Crippen LogP contribution in [0.25, 0.3) is 64.5 Å². The average Bonchev–Trinajstić information content (AvgIpc) is 3.35. The Labute approximate surface area is 235 Å². The predicted molar refractivity (Wildman–Crippen MR) is 171 cm³/mol. The fourth-order valence-corrected chi connectivity index (χ4v) is 7.13. The van der Waals surface area contributed by atoms with E-state index in [1.165, 1.54) is 52.5 Å². The topological polar surface area (TPSA) is 12.9 Å². The van der Waals surface area contributed by atoms with Crippen molar-refractivity contribution >= 4 is 72.4 Å². The van der Waals surface area contributed by atoms with E-state index in [4.69, 9.17) is 4.98 Å². The van der Waals surface area contributed by atoms with Gasteiger partial charge in [0.25, 0.3) is 0 Å². The number of benzene rings is 5. The van der Waals surface area contributed by atoms with Gasteiger partial charge in [-0.05, 0) is 76.0 Å². The minimum absolute atomic E-state index is 0.997. The molecule has 0 saturated heterocycles. The number of hydrogen-bond donors (Lipinski definition) is 0. The summed E-state index contributed by atoms with van der Waals surface area (Å²) in [4.78, 5) is 6.13. The second-order valence-corrected chi connectivity index (χ2v) is 12.2. The fraction of sp³-hybridized carbons (Fsp3) is 0. The lowest BCUT2D eigenvalue weighted by Crippen LogP contribution is -1.86. The molecular formula is C33H20INS2. The predicted octanol–water partition coefficient (Wildman–Crippen LogP) is 11.0. The van der Waals surface area contributed by atoms with Gasteiger partial charge in [0.05, 0.1) is 5.69 Å². The molecule has 0 spiro atoms. The van der Waals surface area contributed by atoms with Crippen LogP contribution < -0.4 is 0 Å². The minimum Gasteiger partial charge on any atom is -0.256 e. The molecule has 7 rings (SSSR count). The molecule has 0 bridgehead atoms. The zero-order valence-electron chi connectivity index (χ0n) is 19.7. The van der Waals surface area contributed by atoms with E-state index in [0.29, 0.717) is 0 Å². The number of aromatic nitrogens is 1. The van der Waals surface area contributed by atoms with Crippen molar-refractivity contribution in [2.75, 3.05) is 0 Å². The van der Waals surface area contributed by atoms with E-state index < -0.39 is 0 Å². The summed E-state index contributed by atoms with van der Waals surface area (Å²) in [6, 6.07) is 41.7. The molecule has 5 aromatic carbocycles. The lowest BCUT2D eigenvalue weighted by atomic mass is 9.98. The van der Waals surface area contributed by atoms with Crippen molar-refractivity contribution in [3.05, 3.63) is 121 Å². The van der Waals surface area contributed by atoms with Gasteiger partial charge in [-0.2, -0.15) is 0 Å². The molecule has 0 N–H and O–H groups in total. The van der Waals surface area contributed by atoms with Gasteiger partial charge in [0.1, 0.15) is 0 Å². The monoisotopic (exact) mass is 621 g/mol. The largest absolute Gasteiger partial charge is 0.256 e. The first-order chi connectivity index (χ1) is 18.2. The number of halogens is 1. The van der Waals surface area contributed by atoms with Gasteiger partial charge in [0, 0.05) is 63.6 Å². The summed E-state index contributed by atoms with van der Waals surface area (Å²) in [5.41, 5.74) is 6.93. The van der Waals surface area contributed by atoms with Crippen LogP contribution in [0.15, 0.2) is 126 Å². The van der Waals surface area contributed by atoms with Crippen LogP contribution in [0.4, 0.5) is 0 Å². The summed E-state index contributed by atoms with van der Waals surface area (Å²) in [6.45, 7) is 0. The van der Waals surface area contributed by atoms with Crippen molar-refractivity contribution in [1.82, 2.24) is 4.98 Å². The number of fused-ring (bicyclic) bond motifs is 4. The summed E-state index contributed by atoms with van der Waals surface area (Å²) in [5.74, 6) is 0. The molecular weight excluding hydrogens is 601 g/mol. The lowest BCUT2D eigenvalue weighted by molar-refractivity contribution is 1.33. The van der Waals surface area contributed by atoms with Crippen LogP contribution in [0.5, 0.6) is 0 Å². The van der Waals surface area contributed by atoms with Gasteiger partial charge in [-0.25, -0.2) is 0 Å². The third-order valence-corrected chi connectivity index (χ3v) is 10.0. The van der Waals surface area contributed by atoms with Crippen LogP contribution >= 0.6 is 41.5 Å². The molecule has 7 aromatic rings. The van der Waals surface area contributed by atoms with Crippen molar-refractivity contribution in [2.45, 2.75) is 4.90 Å². The molecule has 0 fully saturated rings. The molecule has 0 radical (unpaired) electrons. The zero-order chi connectivity index (χ0) is 24.8. The van der Waals surface area contributed by atoms with E-state index in [-0.39, 0.29) is 0 Å². The Morgan fingerprint density at radius 1 is 0.541 bits per heavy atom. The number of hydrogen-bond acceptors (Lipinski definition) is 3. The van der Waals surface area contributed by atoms with Crippen molar-refractivity contribution in [3.8, 4) is 33.5 Å². The molecule has 4 heteroatoms. The number of nitrogens with zero attached hydrogens (tertiary/aromatic N) is 1. The minimum atomic E-state index is 0.997. The third-order valence-electron chi connectivity index (χ3n) is 6.89. The molecule has 0 aliphatic rings. The van der Waals surface area contributed by atoms with E-state index in [1.54, 1.807) is 8.93 Å². The molecule has 0 saturated carbocycles. The highest BCUT2D eigenvalue weighted by Gasteiger charge is 2.09. The van der Waals surface area contributed by atoms with E-state index in [0.717, 1.165) is 16.8 Å². The first kappa shape index (κ1) is 23.0. The highest BCUT2D eigenvalue weighted by Crippen LogP contribution is 2.36. The standard InChI is InChI=1S/C33H20INS2/c34-37-28-13-9-21(10-14-28)23-7-5-22-6-8-24(18-27(22)17-23)26-11-15-31(35-20-26)25-12-16-33-30(19-25)29-3-1-2-4-32(29)36-33/h1-20H. The zero-order valence-corrected chi connectivity index (χ0v) is 23.5. The van der Waals surface area contributed by atoms with Gasteiger partial charge in [-0.1, -0.05) is 75.7 Å². The molecule has 0 amide bonds. The molecule has 37 heavy (non-hydrogen) atoms. The fourth-order valence-electron chi connectivity index (χ4n) is 4.93. The summed E-state index contributed by atoms with van der Waals surface area (Å²) in [6.07, 6.45) is 2.00. The van der Waals surface area contributed by atoms with Crippen LogP contribution in [0.2, 0.25) is 0 Å². The quantitative estimate of drug-likeness (QED) is 0.181. The summed E-state index contributed by atoms with van der Waals surface area (Å²) in [5, 5.41) is 5.10. The maximum absolute atomic E-state index is 4.86. The van der Waals surface area contributed by atoms with E-state index >= 15 is 0 Å². The normalized spacial score (nSPS) is 11.5. The van der Waals surface area contributed by atoms with Gasteiger partial charge >= 0.3 is 0 Å². The van der Waals surface area contributed by atoms with Gasteiger partial charge in [-0.15, -0.1) is 11.3 Å². The second-order valence-electron chi connectivity index (χ2n) is 9.12. The Morgan fingerprint density at radius 3 is 1.97 bits per heavy atom. The van der Waals surface area contributed by atoms with Crippen LogP contribution in [-0.4, -0.2) is 4.98 Å². The Morgan fingerprint density at radius 2 is 1.22 bits per heavy atom. The Balaban J connectivity index is 1.22. The highest BCUT2D eigenvalue weighted by atomic mass is 127. The van der Waals surface area contributed by atoms with E-state index in [2.05, 4.69) is 136 Å². The maximum Gasteiger partial charge on any atom is 0.0702 e. The van der Waals surface area contributed by atoms with Crippen LogP contribution in [0.3, 0.4) is 0 Å². The Hall–Kier alpha value is -3.19. The third kappa shape index (κ3) is 4.33. The Bertz CT molecular complexity index is 1900. The average molecular weight is 622 g/mol. The molecule has 2 aromatic heterocycles. The summed E-state index contributed by atoms with van der Waals surface area (Å²) >= 11 is 4.17. The lowest BCUT2D eigenvalue weighted by Gasteiger charge is -2.08. The second kappa shape index (κ2) is 9.60. The van der Waals surface area contributed by atoms with Gasteiger partial charge < -0.3 is 0 Å². The molecule has 176 valence electrons. The van der Waals surface area contributed by atoms with Crippen molar-refractivity contribution in [1.29, 1.82) is 0 Å². The molecule has 0 unspecified atom stereocenters. The van der Waals surface area contributed by atoms with Crippen LogP contribution in [0, 0.1) is 0 Å². The van der Waals surface area contributed by atoms with E-state index in [9.17, 15) is 0 Å². The Kier molecular flexibility index (Phi) is 5.96. The number of thiophene rings is 1. The van der Waals surface area contributed by atoms with Gasteiger partial charge in [0.2, 0.25) is 0 Å². The van der Waals surface area contributed by atoms with Crippen LogP contribution in [-0.2, 0) is 0 Å². The van der Waals surface area contributed by atoms with E-state index in [1.807, 2.05) is 17.5 Å². The van der Waals surface area contributed by atoms with Crippen molar-refractivity contribution in [2.24, 2.45) is 0 Å². The number of rotatable bonds is 4. The van der Waals surface area contributed by atoms with Gasteiger partial charge in [-0.3, -0.25) is 4.98 Å². The highest BCUT2D eigenvalue weighted by molar-refractivity contribution is 14.2. The molecule has 0 aliphatic carbocycles. The molecule has 2 heterocycles. The van der Waals surface area contributed by atoms with Crippen LogP contribution in [0.1, 0.15) is 0 Å². The first-order valence-corrected chi connectivity index (χ1v) is 16.2. The molecule has 1 nitrogen and oxygen atoms in total. The van der Waals surface area contributed by atoms with Crippen molar-refractivity contribution < 1.29 is 0 Å². The van der Waals surface area contributed by atoms with Crippen molar-refractivity contribution in [3.63, 3.8) is 0 Å². The summed E-state index contributed by atoms with van der Waals surface area (Å²) in [7, 11) is 1.74. The smallest absolute Gasteiger partial charge is 0.0702 e. The summed E-state index contributed by atoms with van der Waals surface area (Å²) < 4.78 is 2.64. The molecule has 0 atom stereocenters. The maximum atomic E-state index is 4.86. The number of pyridine rings is 1. The SMILES string of the molecule is ISc1ccc(-c2ccc3ccc(-c4ccc(-c5ccc6sc7ccccc7c6c5)nc4)cc3c2)cc1.